The molecule has 1 heterocycles. The molecule has 0 atom stereocenters. The minimum Gasteiger partial charge on any atom is -0.397 e. The normalized spacial score (nSPS) is 10.3. The van der Waals surface area contributed by atoms with Crippen LogP contribution in [0.4, 0.5) is 11.4 Å². The number of nitrogen functional groups attached to an aromatic ring is 1. The molecule has 3 N–H and O–H groups in total. The van der Waals surface area contributed by atoms with Crippen molar-refractivity contribution in [3.8, 4) is 0 Å². The first-order chi connectivity index (χ1) is 10.1. The Morgan fingerprint density at radius 1 is 1.38 bits per heavy atom. The van der Waals surface area contributed by atoms with Crippen molar-refractivity contribution in [1.29, 1.82) is 0 Å². The minimum atomic E-state index is -0.125. The summed E-state index contributed by atoms with van der Waals surface area (Å²) in [6, 6.07) is 7.10. The van der Waals surface area contributed by atoms with Crippen molar-refractivity contribution < 1.29 is 4.79 Å². The number of rotatable bonds is 5. The third-order valence-corrected chi connectivity index (χ3v) is 3.64. The van der Waals surface area contributed by atoms with E-state index in [-0.39, 0.29) is 11.5 Å². The Hall–Kier alpha value is -1.90. The van der Waals surface area contributed by atoms with Gasteiger partial charge in [0.25, 0.3) is 5.56 Å². The van der Waals surface area contributed by atoms with Gasteiger partial charge < -0.3 is 11.1 Å². The highest BCUT2D eigenvalue weighted by molar-refractivity contribution is 14.1. The Morgan fingerprint density at radius 2 is 2.14 bits per heavy atom. The number of aryl methyl sites for hydroxylation is 1. The number of amides is 1. The van der Waals surface area contributed by atoms with Crippen LogP contribution < -0.4 is 16.6 Å². The third kappa shape index (κ3) is 4.28. The molecule has 0 fully saturated rings. The number of hydrogen-bond acceptors (Lipinski definition) is 4. The summed E-state index contributed by atoms with van der Waals surface area (Å²) in [5, 5.41) is 2.75. The van der Waals surface area contributed by atoms with Crippen LogP contribution in [0.5, 0.6) is 0 Å². The Kier molecular flexibility index (Phi) is 5.32. The summed E-state index contributed by atoms with van der Waals surface area (Å²) >= 11 is 1.94. The Morgan fingerprint density at radius 3 is 2.90 bits per heavy atom. The van der Waals surface area contributed by atoms with Gasteiger partial charge in [-0.3, -0.25) is 14.2 Å². The van der Waals surface area contributed by atoms with Gasteiger partial charge in [-0.15, -0.1) is 0 Å². The zero-order valence-electron chi connectivity index (χ0n) is 11.3. The fourth-order valence-corrected chi connectivity index (χ4v) is 2.29. The Labute approximate surface area is 135 Å². The number of nitrogens with one attached hydrogen (secondary N) is 1. The fourth-order valence-electron chi connectivity index (χ4n) is 1.82. The van der Waals surface area contributed by atoms with Crippen LogP contribution in [-0.4, -0.2) is 15.5 Å². The molecule has 0 aliphatic rings. The van der Waals surface area contributed by atoms with Gasteiger partial charge in [0.2, 0.25) is 5.91 Å². The molecule has 2 rings (SSSR count). The number of aromatic nitrogens is 2. The molecule has 0 saturated heterocycles. The van der Waals surface area contributed by atoms with E-state index in [1.165, 1.54) is 17.1 Å². The molecule has 2 aromatic rings. The van der Waals surface area contributed by atoms with Gasteiger partial charge in [-0.1, -0.05) is 12.1 Å². The third-order valence-electron chi connectivity index (χ3n) is 2.90. The molecular weight excluding hydrogens is 383 g/mol. The van der Waals surface area contributed by atoms with Crippen LogP contribution in [0.3, 0.4) is 0 Å². The van der Waals surface area contributed by atoms with Crippen LogP contribution in [0.2, 0.25) is 0 Å². The number of carbonyl (C=O) groups is 1. The summed E-state index contributed by atoms with van der Waals surface area (Å²) in [7, 11) is 0. The van der Waals surface area contributed by atoms with Crippen molar-refractivity contribution in [1.82, 2.24) is 9.55 Å². The molecule has 1 amide bonds. The van der Waals surface area contributed by atoms with Gasteiger partial charge in [0.1, 0.15) is 0 Å². The largest absolute Gasteiger partial charge is 0.397 e. The number of hydrogen-bond donors (Lipinski definition) is 2. The summed E-state index contributed by atoms with van der Waals surface area (Å²) in [6.45, 7) is 0.459. The van der Waals surface area contributed by atoms with Crippen LogP contribution in [0.1, 0.15) is 12.8 Å². The summed E-state index contributed by atoms with van der Waals surface area (Å²) in [4.78, 5) is 27.6. The van der Waals surface area contributed by atoms with Gasteiger partial charge in [-0.05, 0) is 41.1 Å². The number of halogens is 1. The van der Waals surface area contributed by atoms with E-state index in [1.807, 2.05) is 28.7 Å². The lowest BCUT2D eigenvalue weighted by atomic mass is 10.2. The molecule has 0 aliphatic heterocycles. The lowest BCUT2D eigenvalue weighted by Gasteiger charge is -2.08. The van der Waals surface area contributed by atoms with Crippen LogP contribution in [0.25, 0.3) is 0 Å². The molecule has 6 nitrogen and oxygen atoms in total. The van der Waals surface area contributed by atoms with Crippen molar-refractivity contribution in [3.63, 3.8) is 0 Å². The first-order valence-corrected chi connectivity index (χ1v) is 7.50. The first-order valence-electron chi connectivity index (χ1n) is 6.42. The van der Waals surface area contributed by atoms with Crippen molar-refractivity contribution in [3.05, 3.63) is 50.7 Å². The molecule has 0 bridgehead atoms. The van der Waals surface area contributed by atoms with E-state index in [9.17, 15) is 9.59 Å². The minimum absolute atomic E-state index is 0.0849. The topological polar surface area (TPSA) is 90.0 Å². The van der Waals surface area contributed by atoms with E-state index in [0.29, 0.717) is 34.3 Å². The number of anilines is 2. The van der Waals surface area contributed by atoms with Crippen LogP contribution in [0.15, 0.2) is 41.6 Å². The molecule has 1 aromatic carbocycles. The molecule has 0 spiro atoms. The molecule has 1 aromatic heterocycles. The maximum absolute atomic E-state index is 11.8. The standard InChI is InChI=1S/C14H15IN4O2/c15-10-8-17-9-19(14(10)21)7-3-6-13(20)18-12-5-2-1-4-11(12)16/h1-2,4-5,8-9H,3,6-7,16H2,(H,18,20). The smallest absolute Gasteiger partial charge is 0.266 e. The zero-order chi connectivity index (χ0) is 15.2. The van der Waals surface area contributed by atoms with Crippen molar-refractivity contribution >= 4 is 39.9 Å². The number of para-hydroxylation sites is 2. The van der Waals surface area contributed by atoms with Gasteiger partial charge >= 0.3 is 0 Å². The second-order valence-electron chi connectivity index (χ2n) is 4.48. The second-order valence-corrected chi connectivity index (χ2v) is 5.64. The summed E-state index contributed by atoms with van der Waals surface area (Å²) in [6.07, 6.45) is 3.87. The molecule has 7 heteroatoms. The van der Waals surface area contributed by atoms with Crippen LogP contribution in [0, 0.1) is 3.57 Å². The maximum Gasteiger partial charge on any atom is 0.266 e. The molecule has 110 valence electrons. The zero-order valence-corrected chi connectivity index (χ0v) is 13.4. The maximum atomic E-state index is 11.8. The predicted octanol–water partition coefficient (Wildman–Crippen LogP) is 1.85. The average Bonchev–Trinajstić information content (AvgIpc) is 2.46. The van der Waals surface area contributed by atoms with Crippen LogP contribution in [-0.2, 0) is 11.3 Å². The lowest BCUT2D eigenvalue weighted by molar-refractivity contribution is -0.116. The fraction of sp³-hybridized carbons (Fsp3) is 0.214. The molecule has 0 saturated carbocycles. The Bertz CT molecular complexity index is 699. The number of nitrogens with zero attached hydrogens (tertiary/aromatic N) is 2. The average molecular weight is 398 g/mol. The van der Waals surface area contributed by atoms with Gasteiger partial charge in [-0.25, -0.2) is 4.98 Å². The summed E-state index contributed by atoms with van der Waals surface area (Å²) in [5.41, 5.74) is 6.81. The van der Waals surface area contributed by atoms with E-state index in [0.717, 1.165) is 0 Å². The molecule has 0 aliphatic carbocycles. The number of carbonyl (C=O) groups excluding carboxylic acids is 1. The quantitative estimate of drug-likeness (QED) is 0.594. The van der Waals surface area contributed by atoms with E-state index in [2.05, 4.69) is 10.3 Å². The lowest BCUT2D eigenvalue weighted by Crippen LogP contribution is -2.23. The SMILES string of the molecule is Nc1ccccc1NC(=O)CCCn1cncc(I)c1=O. The molecule has 0 radical (unpaired) electrons. The molecule has 0 unspecified atom stereocenters. The van der Waals surface area contributed by atoms with E-state index in [4.69, 9.17) is 5.73 Å². The van der Waals surface area contributed by atoms with Gasteiger partial charge in [0.15, 0.2) is 0 Å². The van der Waals surface area contributed by atoms with E-state index < -0.39 is 0 Å². The van der Waals surface area contributed by atoms with Crippen molar-refractivity contribution in [2.75, 3.05) is 11.1 Å². The highest BCUT2D eigenvalue weighted by Crippen LogP contribution is 2.16. The van der Waals surface area contributed by atoms with Gasteiger partial charge in [0, 0.05) is 19.2 Å². The number of benzene rings is 1. The number of nitrogens with two attached hydrogens (primary N) is 1. The van der Waals surface area contributed by atoms with Crippen LogP contribution >= 0.6 is 22.6 Å². The summed E-state index contributed by atoms with van der Waals surface area (Å²) in [5.74, 6) is -0.125. The first kappa shape index (κ1) is 15.5. The predicted molar refractivity (Wildman–Crippen MR) is 89.9 cm³/mol. The van der Waals surface area contributed by atoms with Crippen molar-refractivity contribution in [2.45, 2.75) is 19.4 Å². The van der Waals surface area contributed by atoms with E-state index in [1.54, 1.807) is 18.2 Å². The molecular formula is C14H15IN4O2. The highest BCUT2D eigenvalue weighted by Gasteiger charge is 2.06. The van der Waals surface area contributed by atoms with Crippen molar-refractivity contribution in [2.24, 2.45) is 0 Å². The van der Waals surface area contributed by atoms with Gasteiger partial charge in [-0.2, -0.15) is 0 Å². The van der Waals surface area contributed by atoms with Gasteiger partial charge in [0.05, 0.1) is 21.3 Å². The Balaban J connectivity index is 1.86. The molecule has 21 heavy (non-hydrogen) atoms. The highest BCUT2D eigenvalue weighted by atomic mass is 127. The second kappa shape index (κ2) is 7.21. The monoisotopic (exact) mass is 398 g/mol. The van der Waals surface area contributed by atoms with E-state index >= 15 is 0 Å². The summed E-state index contributed by atoms with van der Waals surface area (Å²) < 4.78 is 2.07.